The summed E-state index contributed by atoms with van der Waals surface area (Å²) in [5, 5.41) is 0. The van der Waals surface area contributed by atoms with Crippen molar-refractivity contribution in [3.63, 3.8) is 0 Å². The molecule has 1 heterocycles. The van der Waals surface area contributed by atoms with E-state index in [0.717, 1.165) is 0 Å². The number of alkyl halides is 1. The lowest BCUT2D eigenvalue weighted by Crippen LogP contribution is -2.59. The Balaban J connectivity index is 3.01. The molecule has 1 saturated heterocycles. The normalized spacial score (nSPS) is 33.1. The van der Waals surface area contributed by atoms with Crippen LogP contribution in [0.1, 0.15) is 27.7 Å². The standard InChI is InChI=1S/C12H17ClO7/c1-5-9(18-6(2)14)10(19-7(3)15)11(12(13)17-5)20-8(4)16/h5,9-12H,1-4H3/t5-,9+,10+,11+,12+/m0/s1. The van der Waals surface area contributed by atoms with Gasteiger partial charge in [-0.2, -0.15) is 0 Å². The lowest BCUT2D eigenvalue weighted by Gasteiger charge is -2.41. The zero-order valence-electron chi connectivity index (χ0n) is 11.6. The van der Waals surface area contributed by atoms with Crippen LogP contribution in [0.25, 0.3) is 0 Å². The molecule has 7 nitrogen and oxygen atoms in total. The molecule has 1 aliphatic rings. The second-order valence-electron chi connectivity index (χ2n) is 4.41. The van der Waals surface area contributed by atoms with Crippen molar-refractivity contribution < 1.29 is 33.3 Å². The van der Waals surface area contributed by atoms with Crippen LogP contribution in [0.15, 0.2) is 0 Å². The number of esters is 3. The average molecular weight is 309 g/mol. The first-order chi connectivity index (χ1) is 9.22. The van der Waals surface area contributed by atoms with Gasteiger partial charge in [0.25, 0.3) is 0 Å². The Morgan fingerprint density at radius 2 is 1.25 bits per heavy atom. The molecular weight excluding hydrogens is 292 g/mol. The van der Waals surface area contributed by atoms with Gasteiger partial charge in [-0.05, 0) is 6.92 Å². The number of hydrogen-bond donors (Lipinski definition) is 0. The Hall–Kier alpha value is -1.34. The Morgan fingerprint density at radius 1 is 0.850 bits per heavy atom. The van der Waals surface area contributed by atoms with Crippen molar-refractivity contribution in [3.8, 4) is 0 Å². The van der Waals surface area contributed by atoms with Crippen molar-refractivity contribution in [2.45, 2.75) is 57.7 Å². The summed E-state index contributed by atoms with van der Waals surface area (Å²) in [6, 6.07) is 0. The first kappa shape index (κ1) is 16.7. The molecule has 0 aromatic rings. The van der Waals surface area contributed by atoms with Gasteiger partial charge in [-0.25, -0.2) is 0 Å². The van der Waals surface area contributed by atoms with Gasteiger partial charge in [0, 0.05) is 20.8 Å². The van der Waals surface area contributed by atoms with Crippen molar-refractivity contribution in [2.75, 3.05) is 0 Å². The van der Waals surface area contributed by atoms with Gasteiger partial charge in [-0.1, -0.05) is 11.6 Å². The van der Waals surface area contributed by atoms with E-state index >= 15 is 0 Å². The molecule has 8 heteroatoms. The van der Waals surface area contributed by atoms with Gasteiger partial charge < -0.3 is 18.9 Å². The zero-order chi connectivity index (χ0) is 15.4. The van der Waals surface area contributed by atoms with Gasteiger partial charge in [0.05, 0.1) is 6.10 Å². The van der Waals surface area contributed by atoms with Gasteiger partial charge in [-0.15, -0.1) is 0 Å². The van der Waals surface area contributed by atoms with Gasteiger partial charge in [0.15, 0.2) is 23.9 Å². The topological polar surface area (TPSA) is 88.1 Å². The lowest BCUT2D eigenvalue weighted by atomic mass is 10.00. The van der Waals surface area contributed by atoms with Crippen LogP contribution >= 0.6 is 11.6 Å². The van der Waals surface area contributed by atoms with Gasteiger partial charge >= 0.3 is 17.9 Å². The molecule has 20 heavy (non-hydrogen) atoms. The molecule has 0 aromatic heterocycles. The van der Waals surface area contributed by atoms with Crippen molar-refractivity contribution in [3.05, 3.63) is 0 Å². The van der Waals surface area contributed by atoms with Crippen molar-refractivity contribution >= 4 is 29.5 Å². The summed E-state index contributed by atoms with van der Waals surface area (Å²) >= 11 is 5.97. The van der Waals surface area contributed by atoms with E-state index in [-0.39, 0.29) is 0 Å². The van der Waals surface area contributed by atoms with Crippen LogP contribution < -0.4 is 0 Å². The van der Waals surface area contributed by atoms with Gasteiger partial charge in [0.1, 0.15) is 0 Å². The molecule has 114 valence electrons. The summed E-state index contributed by atoms with van der Waals surface area (Å²) in [6.45, 7) is 5.21. The SMILES string of the molecule is CC(=O)O[C@H]1[C@@H](OC(C)=O)[C@H](Cl)O[C@@H](C)[C@H]1OC(C)=O. The predicted molar refractivity (Wildman–Crippen MR) is 66.9 cm³/mol. The number of hydrogen-bond acceptors (Lipinski definition) is 7. The van der Waals surface area contributed by atoms with E-state index in [1.807, 2.05) is 0 Å². The fourth-order valence-electron chi connectivity index (χ4n) is 1.96. The van der Waals surface area contributed by atoms with Gasteiger partial charge in [0.2, 0.25) is 0 Å². The molecular formula is C12H17ClO7. The van der Waals surface area contributed by atoms with Crippen LogP contribution in [0.4, 0.5) is 0 Å². The Morgan fingerprint density at radius 3 is 1.70 bits per heavy atom. The number of halogens is 1. The van der Waals surface area contributed by atoms with Crippen molar-refractivity contribution in [2.24, 2.45) is 0 Å². The fourth-order valence-corrected chi connectivity index (χ4v) is 2.31. The minimum Gasteiger partial charge on any atom is -0.456 e. The number of rotatable bonds is 3. The molecule has 1 rings (SSSR count). The molecule has 1 fully saturated rings. The third kappa shape index (κ3) is 4.35. The summed E-state index contributed by atoms with van der Waals surface area (Å²) < 4.78 is 20.5. The lowest BCUT2D eigenvalue weighted by molar-refractivity contribution is -0.230. The molecule has 0 amide bonds. The highest BCUT2D eigenvalue weighted by molar-refractivity contribution is 6.20. The summed E-state index contributed by atoms with van der Waals surface area (Å²) in [7, 11) is 0. The largest absolute Gasteiger partial charge is 0.456 e. The Kier molecular flexibility index (Phi) is 5.76. The van der Waals surface area contributed by atoms with E-state index in [9.17, 15) is 14.4 Å². The summed E-state index contributed by atoms with van der Waals surface area (Å²) in [5.74, 6) is -1.79. The quantitative estimate of drug-likeness (QED) is 0.432. The van der Waals surface area contributed by atoms with E-state index < -0.39 is 47.9 Å². The summed E-state index contributed by atoms with van der Waals surface area (Å²) in [5.41, 5.74) is -1.01. The van der Waals surface area contributed by atoms with Crippen LogP contribution in [-0.2, 0) is 33.3 Å². The van der Waals surface area contributed by atoms with E-state index in [4.69, 9.17) is 30.5 Å². The fraction of sp³-hybridized carbons (Fsp3) is 0.750. The first-order valence-electron chi connectivity index (χ1n) is 6.03. The van der Waals surface area contributed by atoms with Crippen LogP contribution in [0, 0.1) is 0 Å². The maximum Gasteiger partial charge on any atom is 0.303 e. The number of ether oxygens (including phenoxy) is 4. The Bertz CT molecular complexity index is 369. The monoisotopic (exact) mass is 308 g/mol. The molecule has 0 spiro atoms. The minimum absolute atomic E-state index is 0.572. The maximum absolute atomic E-state index is 11.2. The molecule has 0 saturated carbocycles. The highest BCUT2D eigenvalue weighted by Crippen LogP contribution is 2.30. The van der Waals surface area contributed by atoms with Crippen molar-refractivity contribution in [1.29, 1.82) is 0 Å². The average Bonchev–Trinajstić information content (AvgIpc) is 2.27. The number of carbonyl (C=O) groups excluding carboxylic acids is 3. The molecule has 0 bridgehead atoms. The highest BCUT2D eigenvalue weighted by atomic mass is 35.5. The second kappa shape index (κ2) is 6.90. The Labute approximate surface area is 121 Å². The van der Waals surface area contributed by atoms with Gasteiger partial charge in [-0.3, -0.25) is 14.4 Å². The summed E-state index contributed by atoms with van der Waals surface area (Å²) in [6.07, 6.45) is -3.60. The first-order valence-corrected chi connectivity index (χ1v) is 6.47. The van der Waals surface area contributed by atoms with E-state index in [1.165, 1.54) is 20.8 Å². The second-order valence-corrected chi connectivity index (χ2v) is 4.84. The third-order valence-electron chi connectivity index (χ3n) is 2.62. The highest BCUT2D eigenvalue weighted by Gasteiger charge is 2.49. The molecule has 5 atom stereocenters. The third-order valence-corrected chi connectivity index (χ3v) is 2.97. The minimum atomic E-state index is -1.06. The molecule has 0 N–H and O–H groups in total. The van der Waals surface area contributed by atoms with E-state index in [2.05, 4.69) is 0 Å². The van der Waals surface area contributed by atoms with Crippen LogP contribution in [0.3, 0.4) is 0 Å². The smallest absolute Gasteiger partial charge is 0.303 e. The van der Waals surface area contributed by atoms with E-state index in [0.29, 0.717) is 0 Å². The maximum atomic E-state index is 11.2. The molecule has 0 unspecified atom stereocenters. The van der Waals surface area contributed by atoms with Crippen LogP contribution in [0.5, 0.6) is 0 Å². The van der Waals surface area contributed by atoms with Crippen molar-refractivity contribution in [1.82, 2.24) is 0 Å². The summed E-state index contributed by atoms with van der Waals surface area (Å²) in [4.78, 5) is 33.5. The van der Waals surface area contributed by atoms with Crippen LogP contribution in [0.2, 0.25) is 0 Å². The van der Waals surface area contributed by atoms with Crippen LogP contribution in [-0.4, -0.2) is 47.9 Å². The van der Waals surface area contributed by atoms with E-state index in [1.54, 1.807) is 6.92 Å². The predicted octanol–water partition coefficient (Wildman–Crippen LogP) is 0.765. The molecule has 0 radical (unpaired) electrons. The molecule has 0 aromatic carbocycles. The molecule has 0 aliphatic carbocycles. The number of carbonyl (C=O) groups is 3. The molecule has 1 aliphatic heterocycles. The zero-order valence-corrected chi connectivity index (χ0v) is 12.4.